The van der Waals surface area contributed by atoms with Crippen LogP contribution in [-0.2, 0) is 14.4 Å². The predicted octanol–water partition coefficient (Wildman–Crippen LogP) is 2.58. The fourth-order valence-electron chi connectivity index (χ4n) is 5.46. The number of hydroxylamine groups is 2. The van der Waals surface area contributed by atoms with E-state index >= 15 is 0 Å². The minimum Gasteiger partial charge on any atom is -0.383 e. The summed E-state index contributed by atoms with van der Waals surface area (Å²) >= 11 is 0. The van der Waals surface area contributed by atoms with Gasteiger partial charge in [0.1, 0.15) is 17.6 Å². The van der Waals surface area contributed by atoms with Crippen LogP contribution in [0.5, 0.6) is 0 Å². The molecule has 0 aliphatic carbocycles. The third-order valence-electron chi connectivity index (χ3n) is 7.98. The molecular weight excluding hydrogens is 595 g/mol. The number of urea groups is 1. The van der Waals surface area contributed by atoms with Crippen molar-refractivity contribution in [2.45, 2.75) is 19.1 Å². The van der Waals surface area contributed by atoms with Crippen LogP contribution < -0.4 is 15.5 Å². The quantitative estimate of drug-likeness (QED) is 0.265. The summed E-state index contributed by atoms with van der Waals surface area (Å²) in [7, 11) is 3.37. The normalized spacial score (nSPS) is 18.7. The minimum absolute atomic E-state index is 0.0106. The Balaban J connectivity index is 1.25. The van der Waals surface area contributed by atoms with Gasteiger partial charge in [0.15, 0.2) is 0 Å². The molecule has 2 atom stereocenters. The van der Waals surface area contributed by atoms with Gasteiger partial charge in [-0.25, -0.2) is 24.4 Å². The molecule has 14 nitrogen and oxygen atoms in total. The van der Waals surface area contributed by atoms with Crippen molar-refractivity contribution in [2.75, 3.05) is 63.7 Å². The molecule has 0 spiro atoms. The van der Waals surface area contributed by atoms with Gasteiger partial charge in [-0.15, -0.1) is 0 Å². The Bertz CT molecular complexity index is 1690. The van der Waals surface area contributed by atoms with Gasteiger partial charge in [-0.1, -0.05) is 18.2 Å². The second kappa shape index (κ2) is 13.6. The zero-order valence-corrected chi connectivity index (χ0v) is 25.8. The van der Waals surface area contributed by atoms with Crippen molar-refractivity contribution in [1.82, 2.24) is 40.0 Å². The van der Waals surface area contributed by atoms with E-state index < -0.39 is 24.1 Å². The van der Waals surface area contributed by atoms with Gasteiger partial charge in [-0.05, 0) is 36.8 Å². The summed E-state index contributed by atoms with van der Waals surface area (Å²) in [6.45, 7) is 4.56. The van der Waals surface area contributed by atoms with Crippen molar-refractivity contribution in [1.29, 1.82) is 0 Å². The van der Waals surface area contributed by atoms with Crippen molar-refractivity contribution in [3.8, 4) is 16.9 Å². The SMILES string of the molecule is COCCN1C[C@@H](NC(=O)Nc2c(C)c(-c3cnc(N4CCN(C)C(=O)C4)nc3)nn2-c2ccccc2)[C@H](c2ccnc(F)c2)O1. The number of piperazine rings is 1. The van der Waals surface area contributed by atoms with Crippen molar-refractivity contribution in [3.05, 3.63) is 78.1 Å². The lowest BCUT2D eigenvalue weighted by Gasteiger charge is -2.31. The maximum absolute atomic E-state index is 14.0. The number of halogens is 1. The molecule has 0 bridgehead atoms. The summed E-state index contributed by atoms with van der Waals surface area (Å²) in [5.41, 5.74) is 3.22. The van der Waals surface area contributed by atoms with Crippen LogP contribution in [0.2, 0.25) is 0 Å². The highest BCUT2D eigenvalue weighted by Crippen LogP contribution is 2.32. The Hall–Kier alpha value is -4.99. The number of methoxy groups -OCH3 is 1. The van der Waals surface area contributed by atoms with Crippen LogP contribution in [0.3, 0.4) is 0 Å². The lowest BCUT2D eigenvalue weighted by atomic mass is 10.0. The van der Waals surface area contributed by atoms with Gasteiger partial charge in [0.25, 0.3) is 0 Å². The fourth-order valence-corrected chi connectivity index (χ4v) is 5.46. The molecule has 2 saturated heterocycles. The number of carbonyl (C=O) groups excluding carboxylic acids is 2. The molecular formula is C31H35FN10O4. The van der Waals surface area contributed by atoms with E-state index in [0.29, 0.717) is 66.9 Å². The Labute approximate surface area is 265 Å². The average Bonchev–Trinajstić information content (AvgIpc) is 3.62. The number of hydrogen-bond acceptors (Lipinski definition) is 10. The zero-order chi connectivity index (χ0) is 32.2. The first-order valence-corrected chi connectivity index (χ1v) is 14.9. The van der Waals surface area contributed by atoms with Gasteiger partial charge in [0, 0.05) is 70.1 Å². The molecule has 2 N–H and O–H groups in total. The number of amides is 3. The third kappa shape index (κ3) is 6.66. The van der Waals surface area contributed by atoms with Crippen molar-refractivity contribution in [2.24, 2.45) is 0 Å². The molecule has 0 unspecified atom stereocenters. The molecule has 0 saturated carbocycles. The number of aromatic nitrogens is 5. The molecule has 15 heteroatoms. The molecule has 46 heavy (non-hydrogen) atoms. The first kappa shape index (κ1) is 31.0. The molecule has 0 radical (unpaired) electrons. The van der Waals surface area contributed by atoms with E-state index in [1.165, 1.54) is 12.3 Å². The predicted molar refractivity (Wildman–Crippen MR) is 167 cm³/mol. The van der Waals surface area contributed by atoms with Gasteiger partial charge < -0.3 is 19.9 Å². The summed E-state index contributed by atoms with van der Waals surface area (Å²) in [5, 5.41) is 12.5. The Morgan fingerprint density at radius 2 is 1.91 bits per heavy atom. The number of pyridine rings is 1. The Morgan fingerprint density at radius 3 is 2.63 bits per heavy atom. The number of rotatable bonds is 9. The fraction of sp³-hybridized carbons (Fsp3) is 0.355. The second-order valence-corrected chi connectivity index (χ2v) is 11.1. The van der Waals surface area contributed by atoms with Crippen LogP contribution in [0.1, 0.15) is 17.2 Å². The van der Waals surface area contributed by atoms with Crippen LogP contribution in [0.15, 0.2) is 61.1 Å². The number of ether oxygens (including phenoxy) is 1. The smallest absolute Gasteiger partial charge is 0.320 e. The highest BCUT2D eigenvalue weighted by atomic mass is 19.1. The highest BCUT2D eigenvalue weighted by molar-refractivity contribution is 5.91. The number of para-hydroxylation sites is 1. The van der Waals surface area contributed by atoms with Gasteiger partial charge in [-0.3, -0.25) is 14.9 Å². The van der Waals surface area contributed by atoms with E-state index in [1.807, 2.05) is 42.2 Å². The van der Waals surface area contributed by atoms with Gasteiger partial charge in [-0.2, -0.15) is 14.6 Å². The summed E-state index contributed by atoms with van der Waals surface area (Å²) < 4.78 is 20.8. The Kier molecular flexibility index (Phi) is 9.14. The molecule has 240 valence electrons. The standard InChI is InChI=1S/C31H35FN10O4/c1-20-27(22-16-34-30(35-17-22)40-12-11-39(2)26(43)19-40)38-42(23-7-5-4-6-8-23)29(20)37-31(44)36-24-18-41(13-14-45-3)46-28(24)21-9-10-33-25(32)15-21/h4-10,15-17,24,28H,11-14,18-19H2,1-3H3,(H2,36,37,44)/t24-,28+/m1/s1. The van der Waals surface area contributed by atoms with Gasteiger partial charge >= 0.3 is 6.03 Å². The van der Waals surface area contributed by atoms with E-state index in [-0.39, 0.29) is 12.5 Å². The van der Waals surface area contributed by atoms with Crippen molar-refractivity contribution < 1.29 is 23.6 Å². The molecule has 6 rings (SSSR count). The number of nitrogens with zero attached hydrogens (tertiary/aromatic N) is 8. The monoisotopic (exact) mass is 630 g/mol. The second-order valence-electron chi connectivity index (χ2n) is 11.1. The van der Waals surface area contributed by atoms with E-state index in [9.17, 15) is 14.0 Å². The molecule has 3 aromatic heterocycles. The first-order chi connectivity index (χ1) is 22.3. The van der Waals surface area contributed by atoms with Gasteiger partial charge in [0.05, 0.1) is 24.9 Å². The molecule has 2 aliphatic rings. The summed E-state index contributed by atoms with van der Waals surface area (Å²) in [6, 6.07) is 11.4. The van der Waals surface area contributed by atoms with Crippen molar-refractivity contribution in [3.63, 3.8) is 0 Å². The van der Waals surface area contributed by atoms with Crippen LogP contribution in [0, 0.1) is 12.9 Å². The maximum atomic E-state index is 14.0. The molecule has 2 aliphatic heterocycles. The topological polar surface area (TPSA) is 143 Å². The number of hydrogen-bond donors (Lipinski definition) is 2. The first-order valence-electron chi connectivity index (χ1n) is 14.9. The van der Waals surface area contributed by atoms with E-state index in [4.69, 9.17) is 14.7 Å². The maximum Gasteiger partial charge on any atom is 0.320 e. The number of anilines is 2. The number of carbonyl (C=O) groups is 2. The molecule has 3 amide bonds. The number of likely N-dealkylation sites (N-methyl/N-ethyl adjacent to an activating group) is 1. The zero-order valence-electron chi connectivity index (χ0n) is 25.8. The molecule has 2 fully saturated rings. The van der Waals surface area contributed by atoms with Crippen LogP contribution >= 0.6 is 0 Å². The van der Waals surface area contributed by atoms with Gasteiger partial charge in [0.2, 0.25) is 17.8 Å². The van der Waals surface area contributed by atoms with Crippen LogP contribution in [-0.4, -0.2) is 106 Å². The lowest BCUT2D eigenvalue weighted by molar-refractivity contribution is -0.154. The van der Waals surface area contributed by atoms with E-state index in [0.717, 1.165) is 5.69 Å². The van der Waals surface area contributed by atoms with Crippen LogP contribution in [0.4, 0.5) is 21.0 Å². The summed E-state index contributed by atoms with van der Waals surface area (Å²) in [4.78, 5) is 48.1. The van der Waals surface area contributed by atoms with E-state index in [1.54, 1.807) is 47.3 Å². The van der Waals surface area contributed by atoms with Crippen molar-refractivity contribution >= 4 is 23.7 Å². The highest BCUT2D eigenvalue weighted by Gasteiger charge is 2.37. The average molecular weight is 631 g/mol. The van der Waals surface area contributed by atoms with E-state index in [2.05, 4.69) is 25.6 Å². The van der Waals surface area contributed by atoms with Crippen LogP contribution in [0.25, 0.3) is 16.9 Å². The summed E-state index contributed by atoms with van der Waals surface area (Å²) in [5.74, 6) is 0.291. The largest absolute Gasteiger partial charge is 0.383 e. The Morgan fingerprint density at radius 1 is 1.13 bits per heavy atom. The number of nitrogens with one attached hydrogen (secondary N) is 2. The molecule has 1 aromatic carbocycles. The molecule has 4 aromatic rings. The molecule has 5 heterocycles. The lowest BCUT2D eigenvalue weighted by Crippen LogP contribution is -2.49. The minimum atomic E-state index is -0.637. The third-order valence-corrected chi connectivity index (χ3v) is 7.98. The summed E-state index contributed by atoms with van der Waals surface area (Å²) in [6.07, 6.45) is 4.07. The number of benzene rings is 1.